The summed E-state index contributed by atoms with van der Waals surface area (Å²) in [5.41, 5.74) is 1.74. The van der Waals surface area contributed by atoms with Crippen LogP contribution < -0.4 is 0 Å². The first-order chi connectivity index (χ1) is 7.59. The van der Waals surface area contributed by atoms with Gasteiger partial charge in [-0.1, -0.05) is 13.8 Å². The summed E-state index contributed by atoms with van der Waals surface area (Å²) >= 11 is 0. The predicted octanol–water partition coefficient (Wildman–Crippen LogP) is 1.18. The molecular formula is C10H12N4O2. The van der Waals surface area contributed by atoms with Crippen molar-refractivity contribution < 1.29 is 9.90 Å². The first kappa shape index (κ1) is 10.5. The van der Waals surface area contributed by atoms with Crippen molar-refractivity contribution in [2.45, 2.75) is 19.8 Å². The fraction of sp³-hybridized carbons (Fsp3) is 0.400. The highest BCUT2D eigenvalue weighted by Gasteiger charge is 2.24. The molecule has 2 N–H and O–H groups in total. The van der Waals surface area contributed by atoms with Crippen molar-refractivity contribution >= 4 is 17.1 Å². The molecule has 0 aliphatic rings. The van der Waals surface area contributed by atoms with Crippen molar-refractivity contribution in [2.75, 3.05) is 0 Å². The van der Waals surface area contributed by atoms with Crippen LogP contribution >= 0.6 is 0 Å². The lowest BCUT2D eigenvalue weighted by Crippen LogP contribution is -2.17. The lowest BCUT2D eigenvalue weighted by atomic mass is 9.89. The number of aromatic nitrogens is 4. The standard InChI is InChI=1S/C10H12N4O2/c1-5(2)8(10(15)16)6-3-7-9(11-4-6)13-14-12-7/h3-5,8H,1-2H3,(H,15,16)(H,11,12,13,14). The van der Waals surface area contributed by atoms with Crippen LogP contribution in [0.4, 0.5) is 0 Å². The number of nitrogens with zero attached hydrogens (tertiary/aromatic N) is 3. The van der Waals surface area contributed by atoms with Crippen molar-refractivity contribution in [3.8, 4) is 0 Å². The minimum Gasteiger partial charge on any atom is -0.481 e. The van der Waals surface area contributed by atoms with Crippen molar-refractivity contribution in [1.29, 1.82) is 0 Å². The number of rotatable bonds is 3. The fourth-order valence-electron chi connectivity index (χ4n) is 1.74. The first-order valence-electron chi connectivity index (χ1n) is 4.99. The number of hydrogen-bond donors (Lipinski definition) is 2. The average molecular weight is 220 g/mol. The summed E-state index contributed by atoms with van der Waals surface area (Å²) in [4.78, 5) is 15.2. The number of aromatic amines is 1. The number of nitrogens with one attached hydrogen (secondary N) is 1. The zero-order chi connectivity index (χ0) is 11.7. The second kappa shape index (κ2) is 3.88. The molecule has 2 aromatic rings. The second-order valence-electron chi connectivity index (χ2n) is 3.99. The highest BCUT2D eigenvalue weighted by Crippen LogP contribution is 2.25. The van der Waals surface area contributed by atoms with E-state index >= 15 is 0 Å². The Morgan fingerprint density at radius 3 is 2.81 bits per heavy atom. The van der Waals surface area contributed by atoms with Crippen molar-refractivity contribution in [3.63, 3.8) is 0 Å². The summed E-state index contributed by atoms with van der Waals surface area (Å²) in [6.45, 7) is 3.73. The fourth-order valence-corrected chi connectivity index (χ4v) is 1.74. The maximum atomic E-state index is 11.1. The SMILES string of the molecule is CC(C)C(C(=O)O)c1cnc2n[nH]nc2c1. The number of carbonyl (C=O) groups is 1. The Balaban J connectivity index is 2.48. The molecule has 84 valence electrons. The Morgan fingerprint density at radius 2 is 2.19 bits per heavy atom. The molecule has 0 radical (unpaired) electrons. The van der Waals surface area contributed by atoms with Gasteiger partial charge in [-0.3, -0.25) is 4.79 Å². The van der Waals surface area contributed by atoms with E-state index in [1.54, 1.807) is 12.3 Å². The zero-order valence-electron chi connectivity index (χ0n) is 9.01. The van der Waals surface area contributed by atoms with Gasteiger partial charge in [0, 0.05) is 6.20 Å². The number of fused-ring (bicyclic) bond motifs is 1. The molecule has 2 rings (SSSR count). The third-order valence-electron chi connectivity index (χ3n) is 2.49. The van der Waals surface area contributed by atoms with E-state index in [9.17, 15) is 4.79 Å². The summed E-state index contributed by atoms with van der Waals surface area (Å²) in [6.07, 6.45) is 1.55. The lowest BCUT2D eigenvalue weighted by Gasteiger charge is -2.15. The predicted molar refractivity (Wildman–Crippen MR) is 56.9 cm³/mol. The Bertz CT molecular complexity index is 520. The van der Waals surface area contributed by atoms with E-state index in [2.05, 4.69) is 20.4 Å². The minimum absolute atomic E-state index is 0.00338. The molecule has 0 saturated carbocycles. The summed E-state index contributed by atoms with van der Waals surface area (Å²) in [5, 5.41) is 19.3. The molecule has 1 atom stereocenters. The van der Waals surface area contributed by atoms with Gasteiger partial charge in [0.25, 0.3) is 0 Å². The Morgan fingerprint density at radius 1 is 1.44 bits per heavy atom. The van der Waals surface area contributed by atoms with Crippen LogP contribution in [0.2, 0.25) is 0 Å². The van der Waals surface area contributed by atoms with E-state index in [0.717, 1.165) is 0 Å². The van der Waals surface area contributed by atoms with E-state index in [-0.39, 0.29) is 5.92 Å². The summed E-state index contributed by atoms with van der Waals surface area (Å²) < 4.78 is 0. The molecule has 16 heavy (non-hydrogen) atoms. The van der Waals surface area contributed by atoms with Gasteiger partial charge in [0.05, 0.1) is 5.92 Å². The topological polar surface area (TPSA) is 91.8 Å². The highest BCUT2D eigenvalue weighted by atomic mass is 16.4. The van der Waals surface area contributed by atoms with E-state index in [1.165, 1.54) is 0 Å². The maximum Gasteiger partial charge on any atom is 0.311 e. The number of pyridine rings is 1. The van der Waals surface area contributed by atoms with Crippen LogP contribution in [0.15, 0.2) is 12.3 Å². The molecule has 6 heteroatoms. The Hall–Kier alpha value is -1.98. The van der Waals surface area contributed by atoms with Gasteiger partial charge in [0.2, 0.25) is 5.65 Å². The summed E-state index contributed by atoms with van der Waals surface area (Å²) in [5.74, 6) is -1.41. The van der Waals surface area contributed by atoms with Crippen LogP contribution in [0, 0.1) is 5.92 Å². The number of carboxylic acid groups (broad SMARTS) is 1. The number of H-pyrrole nitrogens is 1. The molecule has 0 fully saturated rings. The van der Waals surface area contributed by atoms with Gasteiger partial charge in [-0.05, 0) is 17.5 Å². The van der Waals surface area contributed by atoms with Gasteiger partial charge in [0.15, 0.2) is 0 Å². The molecule has 0 bridgehead atoms. The van der Waals surface area contributed by atoms with Crippen LogP contribution in [0.1, 0.15) is 25.3 Å². The third-order valence-corrected chi connectivity index (χ3v) is 2.49. The van der Waals surface area contributed by atoms with E-state index in [4.69, 9.17) is 5.11 Å². The molecule has 0 saturated heterocycles. The number of aliphatic carboxylic acids is 1. The zero-order valence-corrected chi connectivity index (χ0v) is 9.01. The van der Waals surface area contributed by atoms with E-state index in [0.29, 0.717) is 16.7 Å². The Labute approximate surface area is 91.7 Å². The van der Waals surface area contributed by atoms with Crippen LogP contribution in [0.25, 0.3) is 11.2 Å². The quantitative estimate of drug-likeness (QED) is 0.810. The van der Waals surface area contributed by atoms with Gasteiger partial charge in [0.1, 0.15) is 5.52 Å². The molecule has 1 unspecified atom stereocenters. The number of hydrogen-bond acceptors (Lipinski definition) is 4. The van der Waals surface area contributed by atoms with Gasteiger partial charge in [-0.15, -0.1) is 5.10 Å². The van der Waals surface area contributed by atoms with E-state index in [1.807, 2.05) is 13.8 Å². The monoisotopic (exact) mass is 220 g/mol. The van der Waals surface area contributed by atoms with Crippen LogP contribution in [-0.2, 0) is 4.79 Å². The van der Waals surface area contributed by atoms with Gasteiger partial charge < -0.3 is 5.11 Å². The largest absolute Gasteiger partial charge is 0.481 e. The Kier molecular flexibility index (Phi) is 2.55. The lowest BCUT2D eigenvalue weighted by molar-refractivity contribution is -0.139. The van der Waals surface area contributed by atoms with Gasteiger partial charge in [-0.2, -0.15) is 10.3 Å². The minimum atomic E-state index is -0.848. The molecule has 6 nitrogen and oxygen atoms in total. The van der Waals surface area contributed by atoms with Crippen molar-refractivity contribution in [2.24, 2.45) is 5.92 Å². The first-order valence-corrected chi connectivity index (χ1v) is 4.99. The van der Waals surface area contributed by atoms with Crippen molar-refractivity contribution in [1.82, 2.24) is 20.4 Å². The van der Waals surface area contributed by atoms with Gasteiger partial charge in [-0.25, -0.2) is 4.98 Å². The molecule has 0 spiro atoms. The van der Waals surface area contributed by atoms with Gasteiger partial charge >= 0.3 is 5.97 Å². The van der Waals surface area contributed by atoms with Crippen LogP contribution in [-0.4, -0.2) is 31.5 Å². The molecule has 0 aromatic carbocycles. The summed E-state index contributed by atoms with van der Waals surface area (Å²) in [6, 6.07) is 1.71. The van der Waals surface area contributed by atoms with Crippen LogP contribution in [0.5, 0.6) is 0 Å². The third kappa shape index (κ3) is 1.73. The van der Waals surface area contributed by atoms with Crippen LogP contribution in [0.3, 0.4) is 0 Å². The smallest absolute Gasteiger partial charge is 0.311 e. The normalized spacial score (nSPS) is 13.2. The molecule has 0 amide bonds. The molecule has 2 aromatic heterocycles. The maximum absolute atomic E-state index is 11.1. The number of carboxylic acids is 1. The molecule has 0 aliphatic carbocycles. The highest BCUT2D eigenvalue weighted by molar-refractivity contribution is 5.78. The summed E-state index contributed by atoms with van der Waals surface area (Å²) in [7, 11) is 0. The van der Waals surface area contributed by atoms with E-state index < -0.39 is 11.9 Å². The molecule has 0 aliphatic heterocycles. The van der Waals surface area contributed by atoms with Crippen molar-refractivity contribution in [3.05, 3.63) is 17.8 Å². The second-order valence-corrected chi connectivity index (χ2v) is 3.99. The molecule has 2 heterocycles. The average Bonchev–Trinajstić information content (AvgIpc) is 2.63. The molecular weight excluding hydrogens is 208 g/mol.